The first-order chi connectivity index (χ1) is 15.2. The zero-order valence-electron chi connectivity index (χ0n) is 18.0. The molecule has 3 aliphatic rings. The lowest BCUT2D eigenvalue weighted by Crippen LogP contribution is -2.52. The van der Waals surface area contributed by atoms with Gasteiger partial charge in [-0.3, -0.25) is 25.1 Å². The molecule has 1 spiro atoms. The lowest BCUT2D eigenvalue weighted by molar-refractivity contribution is 0.250. The zero-order chi connectivity index (χ0) is 21.3. The van der Waals surface area contributed by atoms with Crippen LogP contribution in [0.1, 0.15) is 37.7 Å². The van der Waals surface area contributed by atoms with E-state index in [-0.39, 0.29) is 6.03 Å². The van der Waals surface area contributed by atoms with Gasteiger partial charge in [0, 0.05) is 38.1 Å². The minimum atomic E-state index is -0.478. The summed E-state index contributed by atoms with van der Waals surface area (Å²) in [6.07, 6.45) is 9.20. The molecule has 1 aliphatic carbocycles. The normalized spacial score (nSPS) is 25.6. The van der Waals surface area contributed by atoms with Gasteiger partial charge in [0.05, 0.1) is 18.8 Å². The van der Waals surface area contributed by atoms with Gasteiger partial charge in [-0.2, -0.15) is 0 Å². The van der Waals surface area contributed by atoms with Crippen molar-refractivity contribution < 1.29 is 9.53 Å². The predicted molar refractivity (Wildman–Crippen MR) is 121 cm³/mol. The third kappa shape index (κ3) is 3.78. The number of urea groups is 1. The second-order valence-corrected chi connectivity index (χ2v) is 8.74. The van der Waals surface area contributed by atoms with Gasteiger partial charge in [0.25, 0.3) is 0 Å². The summed E-state index contributed by atoms with van der Waals surface area (Å²) in [7, 11) is 1.65. The number of pyridine rings is 1. The van der Waals surface area contributed by atoms with E-state index in [1.54, 1.807) is 13.3 Å². The number of aromatic nitrogens is 1. The van der Waals surface area contributed by atoms with Crippen molar-refractivity contribution in [3.8, 4) is 5.75 Å². The molecular weight excluding hydrogens is 390 g/mol. The number of amidine groups is 1. The molecule has 1 atom stereocenters. The van der Waals surface area contributed by atoms with Gasteiger partial charge in [-0.05, 0) is 43.0 Å². The molecule has 7 nitrogen and oxygen atoms in total. The molecule has 1 aromatic heterocycles. The van der Waals surface area contributed by atoms with Gasteiger partial charge in [0.15, 0.2) is 0 Å². The maximum atomic E-state index is 13.2. The molecule has 0 radical (unpaired) electrons. The number of hydrogen-bond donors (Lipinski definition) is 1. The van der Waals surface area contributed by atoms with E-state index < -0.39 is 5.54 Å². The second kappa shape index (κ2) is 8.30. The summed E-state index contributed by atoms with van der Waals surface area (Å²) in [4.78, 5) is 26.9. The van der Waals surface area contributed by atoms with Crippen LogP contribution in [0.5, 0.6) is 5.75 Å². The van der Waals surface area contributed by atoms with Crippen LogP contribution in [0.3, 0.4) is 0 Å². The van der Waals surface area contributed by atoms with Crippen LogP contribution in [0.4, 0.5) is 10.5 Å². The number of methoxy groups -OCH3 is 1. The molecule has 0 bridgehead atoms. The van der Waals surface area contributed by atoms with Crippen LogP contribution >= 0.6 is 0 Å². The Labute approximate surface area is 183 Å². The highest BCUT2D eigenvalue weighted by Gasteiger charge is 2.55. The lowest BCUT2D eigenvalue weighted by atomic mass is 9.95. The third-order valence-corrected chi connectivity index (χ3v) is 6.70. The first-order valence-corrected chi connectivity index (χ1v) is 11.1. The number of hydrogen-bond acceptors (Lipinski definition) is 5. The molecule has 2 saturated heterocycles. The number of benzene rings is 1. The molecule has 31 heavy (non-hydrogen) atoms. The van der Waals surface area contributed by atoms with E-state index in [0.29, 0.717) is 6.04 Å². The SMILES string of the molecule is COc1cccc(N2C(=O)NC(=NC3CCCC3)C23CCN(Cc2cccnc2)C3)c1. The quantitative estimate of drug-likeness (QED) is 0.804. The van der Waals surface area contributed by atoms with Crippen molar-refractivity contribution in [2.45, 2.75) is 50.2 Å². The fraction of sp³-hybridized carbons (Fsp3) is 0.458. The van der Waals surface area contributed by atoms with E-state index >= 15 is 0 Å². The summed E-state index contributed by atoms with van der Waals surface area (Å²) in [6.45, 7) is 2.45. The Morgan fingerprint density at radius 1 is 1.26 bits per heavy atom. The van der Waals surface area contributed by atoms with Crippen molar-refractivity contribution in [1.29, 1.82) is 0 Å². The Balaban J connectivity index is 1.50. The Morgan fingerprint density at radius 3 is 2.90 bits per heavy atom. The first kappa shape index (κ1) is 20.0. The number of likely N-dealkylation sites (tertiary alicyclic amines) is 1. The smallest absolute Gasteiger partial charge is 0.328 e. The zero-order valence-corrected chi connectivity index (χ0v) is 18.0. The van der Waals surface area contributed by atoms with E-state index in [2.05, 4.69) is 21.3 Å². The second-order valence-electron chi connectivity index (χ2n) is 8.74. The molecule has 1 N–H and O–H groups in total. The summed E-state index contributed by atoms with van der Waals surface area (Å²) < 4.78 is 5.43. The molecule has 3 fully saturated rings. The number of ether oxygens (including phenoxy) is 1. The standard InChI is InChI=1S/C24H29N5O2/c1-31-21-10-4-9-20(14-21)29-23(30)27-22(26-19-7-2-3-8-19)24(29)11-13-28(17-24)16-18-6-5-12-25-15-18/h4-6,9-10,12,14-15,19H,2-3,7-8,11,13,16-17H2,1H3,(H,26,27,30). The van der Waals surface area contributed by atoms with Gasteiger partial charge in [0.1, 0.15) is 17.1 Å². The summed E-state index contributed by atoms with van der Waals surface area (Å²) in [6, 6.07) is 12.0. The summed E-state index contributed by atoms with van der Waals surface area (Å²) in [5.74, 6) is 1.58. The fourth-order valence-electron chi connectivity index (χ4n) is 5.19. The third-order valence-electron chi connectivity index (χ3n) is 6.70. The van der Waals surface area contributed by atoms with Gasteiger partial charge < -0.3 is 4.74 Å². The van der Waals surface area contributed by atoms with Gasteiger partial charge in [-0.25, -0.2) is 4.79 Å². The molecule has 1 aromatic carbocycles. The molecule has 162 valence electrons. The van der Waals surface area contributed by atoms with E-state index in [1.807, 2.05) is 41.4 Å². The molecule has 2 aliphatic heterocycles. The van der Waals surface area contributed by atoms with Crippen molar-refractivity contribution in [2.75, 3.05) is 25.1 Å². The average Bonchev–Trinajstić information content (AvgIpc) is 3.50. The molecule has 5 rings (SSSR count). The Bertz CT molecular complexity index is 973. The molecule has 1 saturated carbocycles. The van der Waals surface area contributed by atoms with Gasteiger partial charge in [-0.1, -0.05) is 25.0 Å². The van der Waals surface area contributed by atoms with Gasteiger partial charge in [-0.15, -0.1) is 0 Å². The van der Waals surface area contributed by atoms with E-state index in [0.717, 1.165) is 56.2 Å². The molecule has 7 heteroatoms. The highest BCUT2D eigenvalue weighted by molar-refractivity contribution is 6.19. The van der Waals surface area contributed by atoms with E-state index in [4.69, 9.17) is 9.73 Å². The summed E-state index contributed by atoms with van der Waals surface area (Å²) in [5.41, 5.74) is 1.55. The minimum Gasteiger partial charge on any atom is -0.497 e. The highest BCUT2D eigenvalue weighted by Crippen LogP contribution is 2.39. The van der Waals surface area contributed by atoms with Crippen molar-refractivity contribution >= 4 is 17.6 Å². The molecular formula is C24H29N5O2. The Hall–Kier alpha value is -2.93. The molecule has 2 aromatic rings. The number of nitrogens with zero attached hydrogens (tertiary/aromatic N) is 4. The number of aliphatic imine (C=N–C) groups is 1. The summed E-state index contributed by atoms with van der Waals surface area (Å²) in [5, 5.41) is 3.14. The molecule has 2 amide bonds. The number of carbonyl (C=O) groups excluding carboxylic acids is 1. The van der Waals surface area contributed by atoms with Crippen molar-refractivity contribution in [2.24, 2.45) is 4.99 Å². The van der Waals surface area contributed by atoms with Crippen LogP contribution in [0.2, 0.25) is 0 Å². The van der Waals surface area contributed by atoms with E-state index in [1.165, 1.54) is 18.4 Å². The topological polar surface area (TPSA) is 70.1 Å². The fourth-order valence-corrected chi connectivity index (χ4v) is 5.19. The summed E-state index contributed by atoms with van der Waals surface area (Å²) >= 11 is 0. The highest BCUT2D eigenvalue weighted by atomic mass is 16.5. The minimum absolute atomic E-state index is 0.103. The Morgan fingerprint density at radius 2 is 2.13 bits per heavy atom. The van der Waals surface area contributed by atoms with Crippen LogP contribution in [0, 0.1) is 0 Å². The largest absolute Gasteiger partial charge is 0.497 e. The monoisotopic (exact) mass is 419 g/mol. The number of anilines is 1. The Kier molecular flexibility index (Phi) is 5.36. The molecule has 3 heterocycles. The van der Waals surface area contributed by atoms with Crippen molar-refractivity contribution in [3.63, 3.8) is 0 Å². The maximum absolute atomic E-state index is 13.2. The van der Waals surface area contributed by atoms with Gasteiger partial charge in [0.2, 0.25) is 0 Å². The number of carbonyl (C=O) groups is 1. The van der Waals surface area contributed by atoms with Crippen LogP contribution < -0.4 is 15.0 Å². The van der Waals surface area contributed by atoms with Crippen LogP contribution in [-0.2, 0) is 6.54 Å². The first-order valence-electron chi connectivity index (χ1n) is 11.1. The molecule has 1 unspecified atom stereocenters. The number of rotatable bonds is 5. The van der Waals surface area contributed by atoms with Crippen LogP contribution in [0.15, 0.2) is 53.8 Å². The van der Waals surface area contributed by atoms with Crippen LogP contribution in [-0.4, -0.2) is 53.5 Å². The van der Waals surface area contributed by atoms with Crippen molar-refractivity contribution in [3.05, 3.63) is 54.4 Å². The van der Waals surface area contributed by atoms with Gasteiger partial charge >= 0.3 is 6.03 Å². The van der Waals surface area contributed by atoms with Crippen molar-refractivity contribution in [1.82, 2.24) is 15.2 Å². The lowest BCUT2D eigenvalue weighted by Gasteiger charge is -2.34. The van der Waals surface area contributed by atoms with Crippen LogP contribution in [0.25, 0.3) is 0 Å². The predicted octanol–water partition coefficient (Wildman–Crippen LogP) is 3.61. The number of nitrogens with one attached hydrogen (secondary N) is 1. The van der Waals surface area contributed by atoms with E-state index in [9.17, 15) is 4.79 Å². The average molecular weight is 420 g/mol. The number of amides is 2. The maximum Gasteiger partial charge on any atom is 0.328 e.